The molecule has 0 aliphatic rings. The predicted octanol–water partition coefficient (Wildman–Crippen LogP) is 5.24. The number of hydrogen-bond donors (Lipinski definition) is 0. The van der Waals surface area contributed by atoms with Gasteiger partial charge in [0.2, 0.25) is 5.69 Å². The molecule has 0 fully saturated rings. The quantitative estimate of drug-likeness (QED) is 0.390. The zero-order valence-electron chi connectivity index (χ0n) is 17.6. The largest absolute Gasteiger partial charge is 0.453 e. The van der Waals surface area contributed by atoms with Gasteiger partial charge in [-0.1, -0.05) is 30.3 Å². The number of pyridine rings is 2. The Kier molecular flexibility index (Phi) is 2.53. The smallest absolute Gasteiger partial charge is 0.216 e. The van der Waals surface area contributed by atoms with E-state index in [4.69, 9.17) is 8.53 Å². The Morgan fingerprint density at radius 2 is 1.73 bits per heavy atom. The number of fused-ring (bicyclic) bond motifs is 5. The van der Waals surface area contributed by atoms with E-state index >= 15 is 0 Å². The Hall–Kier alpha value is -3.20. The van der Waals surface area contributed by atoms with E-state index in [1.54, 1.807) is 6.07 Å². The molecule has 126 valence electrons. The van der Waals surface area contributed by atoms with E-state index < -0.39 is 6.85 Å². The molecule has 0 saturated carbocycles. The highest BCUT2D eigenvalue weighted by Gasteiger charge is 2.21. The molecule has 0 aliphatic heterocycles. The molecule has 0 bridgehead atoms. The minimum absolute atomic E-state index is 0.107. The van der Waals surface area contributed by atoms with Gasteiger partial charge in [-0.2, -0.15) is 0 Å². The summed E-state index contributed by atoms with van der Waals surface area (Å²) in [5.74, 6) is 0. The fourth-order valence-electron chi connectivity index (χ4n) is 3.70. The molecule has 3 nitrogen and oxygen atoms in total. The highest BCUT2D eigenvalue weighted by molar-refractivity contribution is 6.15. The lowest BCUT2D eigenvalue weighted by Crippen LogP contribution is -2.30. The molecule has 0 N–H and O–H groups in total. The zero-order valence-corrected chi connectivity index (χ0v) is 14.6. The summed E-state index contributed by atoms with van der Waals surface area (Å²) in [6.45, 7) is -0.259. The first-order chi connectivity index (χ1) is 13.9. The normalized spacial score (nSPS) is 13.8. The lowest BCUT2D eigenvalue weighted by molar-refractivity contribution is -0.660. The minimum Gasteiger partial charge on any atom is -0.453 e. The van der Waals surface area contributed by atoms with Gasteiger partial charge in [0, 0.05) is 38.1 Å². The number of rotatable bonds is 1. The average molecular weight is 342 g/mol. The van der Waals surface area contributed by atoms with Crippen molar-refractivity contribution >= 4 is 32.8 Å². The van der Waals surface area contributed by atoms with Crippen LogP contribution in [0.15, 0.2) is 65.2 Å². The maximum Gasteiger partial charge on any atom is 0.216 e. The van der Waals surface area contributed by atoms with E-state index in [9.17, 15) is 0 Å². The standard InChI is InChI=1S/C23H19N2O/c1-14-11-12-18-21-23(17-9-5-4-8-16(17)15(2)24-21)26-22(18)20(14)19-10-6-7-13-25(19)3/h4-13H,1-3H3/q+1/i2D3. The second kappa shape index (κ2) is 5.40. The maximum absolute atomic E-state index is 7.97. The van der Waals surface area contributed by atoms with Crippen LogP contribution < -0.4 is 4.57 Å². The Bertz CT molecular complexity index is 1420. The summed E-state index contributed by atoms with van der Waals surface area (Å²) in [6, 6.07) is 17.4. The Labute approximate surface area is 155 Å². The third kappa shape index (κ3) is 2.00. The van der Waals surface area contributed by atoms with Gasteiger partial charge in [-0.3, -0.25) is 0 Å². The Morgan fingerprint density at radius 1 is 0.923 bits per heavy atom. The van der Waals surface area contributed by atoms with Crippen LogP contribution in [-0.2, 0) is 7.05 Å². The summed E-state index contributed by atoms with van der Waals surface area (Å²) in [7, 11) is 2.00. The molecule has 0 spiro atoms. The minimum atomic E-state index is -2.31. The van der Waals surface area contributed by atoms with Crippen LogP contribution in [0.4, 0.5) is 0 Å². The molecular weight excluding hydrogens is 320 g/mol. The summed E-state index contributed by atoms with van der Waals surface area (Å²) in [6.07, 6.45) is 2.00. The molecular formula is C23H19N2O+. The van der Waals surface area contributed by atoms with Crippen LogP contribution in [0.1, 0.15) is 15.4 Å². The summed E-state index contributed by atoms with van der Waals surface area (Å²) < 4.78 is 32.3. The van der Waals surface area contributed by atoms with Crippen molar-refractivity contribution in [1.82, 2.24) is 4.98 Å². The topological polar surface area (TPSA) is 29.9 Å². The molecule has 0 aliphatic carbocycles. The van der Waals surface area contributed by atoms with Crippen LogP contribution in [0.2, 0.25) is 0 Å². The van der Waals surface area contributed by atoms with Crippen molar-refractivity contribution in [1.29, 1.82) is 0 Å². The van der Waals surface area contributed by atoms with Crippen LogP contribution in [0.3, 0.4) is 0 Å². The number of furan rings is 1. The second-order valence-corrected chi connectivity index (χ2v) is 6.62. The molecule has 3 heterocycles. The van der Waals surface area contributed by atoms with Crippen molar-refractivity contribution in [2.45, 2.75) is 13.8 Å². The van der Waals surface area contributed by atoms with Crippen molar-refractivity contribution in [2.24, 2.45) is 7.05 Å². The van der Waals surface area contributed by atoms with Crippen LogP contribution in [0.5, 0.6) is 0 Å². The number of aryl methyl sites for hydroxylation is 3. The SMILES string of the molecule is [2H]C([2H])([2H])c1nc2c3ccc(C)c(-c4cccc[n+]4C)c3oc2c2ccccc12. The van der Waals surface area contributed by atoms with Crippen molar-refractivity contribution < 1.29 is 13.1 Å². The first kappa shape index (κ1) is 12.2. The molecule has 26 heavy (non-hydrogen) atoms. The van der Waals surface area contributed by atoms with E-state index in [1.165, 1.54) is 0 Å². The lowest BCUT2D eigenvalue weighted by Gasteiger charge is -2.04. The molecule has 0 unspecified atom stereocenters. The fourth-order valence-corrected chi connectivity index (χ4v) is 3.70. The Balaban J connectivity index is 1.99. The molecule has 0 radical (unpaired) electrons. The first-order valence-electron chi connectivity index (χ1n) is 10.1. The summed E-state index contributed by atoms with van der Waals surface area (Å²) >= 11 is 0. The van der Waals surface area contributed by atoms with E-state index in [0.29, 0.717) is 16.5 Å². The van der Waals surface area contributed by atoms with Crippen LogP contribution in [-0.4, -0.2) is 4.98 Å². The number of aromatic nitrogens is 2. The first-order valence-corrected chi connectivity index (χ1v) is 8.56. The average Bonchev–Trinajstić information content (AvgIpc) is 3.06. The molecule has 3 aromatic heterocycles. The highest BCUT2D eigenvalue weighted by atomic mass is 16.3. The highest BCUT2D eigenvalue weighted by Crippen LogP contribution is 2.38. The van der Waals surface area contributed by atoms with Crippen molar-refractivity contribution in [2.75, 3.05) is 0 Å². The predicted molar refractivity (Wildman–Crippen MR) is 105 cm³/mol. The van der Waals surface area contributed by atoms with E-state index in [0.717, 1.165) is 33.2 Å². The number of hydrogen-bond acceptors (Lipinski definition) is 2. The summed E-state index contributed by atoms with van der Waals surface area (Å²) in [5, 5.41) is 2.18. The Morgan fingerprint density at radius 3 is 2.54 bits per heavy atom. The monoisotopic (exact) mass is 342 g/mol. The summed E-state index contributed by atoms with van der Waals surface area (Å²) in [5.41, 5.74) is 5.13. The van der Waals surface area contributed by atoms with Gasteiger partial charge >= 0.3 is 0 Å². The van der Waals surface area contributed by atoms with Gasteiger partial charge in [-0.25, -0.2) is 9.55 Å². The molecule has 5 rings (SSSR count). The third-order valence-corrected chi connectivity index (χ3v) is 5.00. The van der Waals surface area contributed by atoms with Crippen LogP contribution in [0, 0.1) is 13.8 Å². The molecule has 5 aromatic rings. The van der Waals surface area contributed by atoms with Gasteiger partial charge < -0.3 is 4.42 Å². The third-order valence-electron chi connectivity index (χ3n) is 5.00. The van der Waals surface area contributed by atoms with Crippen molar-refractivity contribution in [3.8, 4) is 11.3 Å². The molecule has 3 heteroatoms. The van der Waals surface area contributed by atoms with Gasteiger partial charge in [-0.05, 0) is 31.5 Å². The lowest BCUT2D eigenvalue weighted by atomic mass is 10.0. The van der Waals surface area contributed by atoms with E-state index in [2.05, 4.69) is 4.98 Å². The van der Waals surface area contributed by atoms with Crippen molar-refractivity contribution in [3.63, 3.8) is 0 Å². The summed E-state index contributed by atoms with van der Waals surface area (Å²) in [4.78, 5) is 4.59. The fraction of sp³-hybridized carbons (Fsp3) is 0.130. The van der Waals surface area contributed by atoms with Gasteiger partial charge in [-0.15, -0.1) is 0 Å². The molecule has 2 aromatic carbocycles. The number of nitrogens with zero attached hydrogens (tertiary/aromatic N) is 2. The maximum atomic E-state index is 7.97. The molecule has 0 saturated heterocycles. The number of benzene rings is 2. The van der Waals surface area contributed by atoms with Crippen LogP contribution >= 0.6 is 0 Å². The van der Waals surface area contributed by atoms with Gasteiger partial charge in [0.15, 0.2) is 17.4 Å². The molecule has 0 amide bonds. The zero-order chi connectivity index (χ0) is 20.3. The molecule has 0 atom stereocenters. The van der Waals surface area contributed by atoms with Crippen LogP contribution in [0.25, 0.3) is 44.1 Å². The van der Waals surface area contributed by atoms with E-state index in [-0.39, 0.29) is 5.69 Å². The van der Waals surface area contributed by atoms with Gasteiger partial charge in [0.05, 0.1) is 5.56 Å². The second-order valence-electron chi connectivity index (χ2n) is 6.62. The van der Waals surface area contributed by atoms with Crippen molar-refractivity contribution in [3.05, 3.63) is 72.1 Å². The van der Waals surface area contributed by atoms with Gasteiger partial charge in [0.25, 0.3) is 0 Å². The van der Waals surface area contributed by atoms with E-state index in [1.807, 2.05) is 73.3 Å². The van der Waals surface area contributed by atoms with Gasteiger partial charge in [0.1, 0.15) is 12.6 Å².